The van der Waals surface area contributed by atoms with Gasteiger partial charge in [-0.05, 0) is 18.9 Å². The first kappa shape index (κ1) is 14.8. The van der Waals surface area contributed by atoms with Crippen molar-refractivity contribution < 1.29 is 19.4 Å². The maximum Gasteiger partial charge on any atom is 0.411 e. The van der Waals surface area contributed by atoms with E-state index in [9.17, 15) is 9.59 Å². The van der Waals surface area contributed by atoms with E-state index in [1.165, 1.54) is 6.92 Å². The Kier molecular flexibility index (Phi) is 5.60. The molecule has 0 bridgehead atoms. The number of carboxylic acids is 1. The number of aliphatic carboxylic acids is 1. The molecule has 19 heavy (non-hydrogen) atoms. The van der Waals surface area contributed by atoms with Crippen LogP contribution >= 0.6 is 0 Å². The van der Waals surface area contributed by atoms with Crippen LogP contribution in [0.2, 0.25) is 0 Å². The van der Waals surface area contributed by atoms with E-state index in [4.69, 9.17) is 9.84 Å². The van der Waals surface area contributed by atoms with E-state index >= 15 is 0 Å². The molecule has 0 saturated heterocycles. The van der Waals surface area contributed by atoms with Gasteiger partial charge in [-0.1, -0.05) is 37.3 Å². The van der Waals surface area contributed by atoms with Gasteiger partial charge in [0.05, 0.1) is 5.57 Å². The molecular weight excluding hydrogens is 246 g/mol. The molecule has 5 nitrogen and oxygen atoms in total. The first-order valence-electron chi connectivity index (χ1n) is 5.95. The highest BCUT2D eigenvalue weighted by atomic mass is 16.5. The van der Waals surface area contributed by atoms with E-state index in [-0.39, 0.29) is 12.2 Å². The Morgan fingerprint density at radius 1 is 1.26 bits per heavy atom. The number of benzene rings is 1. The minimum atomic E-state index is -1.06. The maximum absolute atomic E-state index is 11.6. The van der Waals surface area contributed by atoms with Gasteiger partial charge in [-0.25, -0.2) is 9.59 Å². The van der Waals surface area contributed by atoms with Crippen molar-refractivity contribution in [2.75, 3.05) is 0 Å². The molecule has 0 saturated carbocycles. The Labute approximate surface area is 111 Å². The third-order valence-electron chi connectivity index (χ3n) is 2.59. The quantitative estimate of drug-likeness (QED) is 0.801. The van der Waals surface area contributed by atoms with Crippen molar-refractivity contribution >= 4 is 12.1 Å². The number of hydrogen-bond acceptors (Lipinski definition) is 3. The standard InChI is InChI=1S/C14H17NO4/c1-3-12(10(2)13(16)17)15-14(18)19-9-11-7-5-4-6-8-11/h4-8H,3,9H2,1-2H3,(H,15,18)(H,16,17)/b12-10+. The van der Waals surface area contributed by atoms with Gasteiger partial charge in [0.25, 0.3) is 0 Å². The van der Waals surface area contributed by atoms with Gasteiger partial charge >= 0.3 is 12.1 Å². The zero-order valence-electron chi connectivity index (χ0n) is 11.0. The summed E-state index contributed by atoms with van der Waals surface area (Å²) in [5.41, 5.74) is 1.33. The third-order valence-corrected chi connectivity index (χ3v) is 2.59. The van der Waals surface area contributed by atoms with Crippen LogP contribution in [0.5, 0.6) is 0 Å². The molecule has 0 aliphatic heterocycles. The molecule has 0 aliphatic carbocycles. The van der Waals surface area contributed by atoms with Crippen LogP contribution in [0.15, 0.2) is 41.6 Å². The molecule has 0 spiro atoms. The van der Waals surface area contributed by atoms with Crippen LogP contribution in [0.4, 0.5) is 4.79 Å². The van der Waals surface area contributed by atoms with Crippen LogP contribution < -0.4 is 5.32 Å². The monoisotopic (exact) mass is 263 g/mol. The second-order valence-corrected chi connectivity index (χ2v) is 3.95. The summed E-state index contributed by atoms with van der Waals surface area (Å²) >= 11 is 0. The van der Waals surface area contributed by atoms with Crippen LogP contribution in [-0.2, 0) is 16.1 Å². The molecule has 0 radical (unpaired) electrons. The van der Waals surface area contributed by atoms with Crippen molar-refractivity contribution in [3.8, 4) is 0 Å². The summed E-state index contributed by atoms with van der Waals surface area (Å²) in [4.78, 5) is 22.4. The molecule has 1 rings (SSSR count). The highest BCUT2D eigenvalue weighted by Crippen LogP contribution is 2.06. The Morgan fingerprint density at radius 3 is 2.42 bits per heavy atom. The topological polar surface area (TPSA) is 75.6 Å². The second kappa shape index (κ2) is 7.20. The Hall–Kier alpha value is -2.30. The van der Waals surface area contributed by atoms with Gasteiger partial charge in [0.1, 0.15) is 6.61 Å². The number of amides is 1. The largest absolute Gasteiger partial charge is 0.478 e. The molecule has 5 heteroatoms. The molecule has 1 amide bonds. The Bertz CT molecular complexity index is 479. The van der Waals surface area contributed by atoms with Crippen molar-refractivity contribution in [1.82, 2.24) is 5.32 Å². The van der Waals surface area contributed by atoms with Gasteiger partial charge in [-0.15, -0.1) is 0 Å². The molecule has 1 aromatic rings. The zero-order valence-corrected chi connectivity index (χ0v) is 11.0. The normalized spacial score (nSPS) is 11.5. The number of carboxylic acid groups (broad SMARTS) is 1. The summed E-state index contributed by atoms with van der Waals surface area (Å²) in [6.45, 7) is 3.35. The maximum atomic E-state index is 11.6. The fourth-order valence-electron chi connectivity index (χ4n) is 1.46. The molecule has 0 aromatic heterocycles. The van der Waals surface area contributed by atoms with Crippen LogP contribution in [0.3, 0.4) is 0 Å². The van der Waals surface area contributed by atoms with E-state index < -0.39 is 12.1 Å². The number of allylic oxidation sites excluding steroid dienone is 1. The lowest BCUT2D eigenvalue weighted by molar-refractivity contribution is -0.132. The smallest absolute Gasteiger partial charge is 0.411 e. The number of ether oxygens (including phenoxy) is 1. The van der Waals surface area contributed by atoms with Gasteiger partial charge in [0, 0.05) is 5.70 Å². The minimum absolute atomic E-state index is 0.110. The molecule has 0 aliphatic rings. The van der Waals surface area contributed by atoms with Crippen molar-refractivity contribution in [3.05, 3.63) is 47.2 Å². The third kappa shape index (κ3) is 4.83. The lowest BCUT2D eigenvalue weighted by atomic mass is 10.2. The van der Waals surface area contributed by atoms with E-state index in [0.717, 1.165) is 5.56 Å². The number of rotatable bonds is 5. The summed E-state index contributed by atoms with van der Waals surface area (Å²) in [5.74, 6) is -1.06. The first-order chi connectivity index (χ1) is 9.04. The molecule has 0 atom stereocenters. The van der Waals surface area contributed by atoms with Crippen LogP contribution in [0.25, 0.3) is 0 Å². The molecular formula is C14H17NO4. The molecule has 102 valence electrons. The summed E-state index contributed by atoms with van der Waals surface area (Å²) in [5, 5.41) is 11.3. The van der Waals surface area contributed by atoms with Gasteiger partial charge in [0.2, 0.25) is 0 Å². The van der Waals surface area contributed by atoms with E-state index in [1.54, 1.807) is 6.92 Å². The van der Waals surface area contributed by atoms with E-state index in [0.29, 0.717) is 12.1 Å². The van der Waals surface area contributed by atoms with Crippen LogP contribution in [0, 0.1) is 0 Å². The molecule has 0 unspecified atom stereocenters. The van der Waals surface area contributed by atoms with Crippen molar-refractivity contribution in [2.24, 2.45) is 0 Å². The highest BCUT2D eigenvalue weighted by Gasteiger charge is 2.11. The van der Waals surface area contributed by atoms with Gasteiger partial charge in [-0.3, -0.25) is 5.32 Å². The molecule has 0 fully saturated rings. The lowest BCUT2D eigenvalue weighted by Gasteiger charge is -2.10. The number of alkyl carbamates (subject to hydrolysis) is 1. The average Bonchev–Trinajstić information content (AvgIpc) is 2.42. The predicted octanol–water partition coefficient (Wildman–Crippen LogP) is 2.68. The SMILES string of the molecule is CC/C(NC(=O)OCc1ccccc1)=C(/C)C(=O)O. The van der Waals surface area contributed by atoms with Crippen molar-refractivity contribution in [2.45, 2.75) is 26.9 Å². The van der Waals surface area contributed by atoms with E-state index in [1.807, 2.05) is 30.3 Å². The molecule has 2 N–H and O–H groups in total. The molecule has 0 heterocycles. The minimum Gasteiger partial charge on any atom is -0.478 e. The summed E-state index contributed by atoms with van der Waals surface area (Å²) in [6.07, 6.45) is -0.236. The van der Waals surface area contributed by atoms with Crippen molar-refractivity contribution in [1.29, 1.82) is 0 Å². The average molecular weight is 263 g/mol. The Balaban J connectivity index is 2.55. The van der Waals surface area contributed by atoms with Gasteiger partial charge in [0.15, 0.2) is 0 Å². The number of nitrogens with one attached hydrogen (secondary N) is 1. The zero-order chi connectivity index (χ0) is 14.3. The van der Waals surface area contributed by atoms with Crippen LogP contribution in [-0.4, -0.2) is 17.2 Å². The number of carbonyl (C=O) groups excluding carboxylic acids is 1. The number of carbonyl (C=O) groups is 2. The second-order valence-electron chi connectivity index (χ2n) is 3.95. The van der Waals surface area contributed by atoms with Gasteiger partial charge < -0.3 is 9.84 Å². The fraction of sp³-hybridized carbons (Fsp3) is 0.286. The highest BCUT2D eigenvalue weighted by molar-refractivity contribution is 5.87. The number of hydrogen-bond donors (Lipinski definition) is 2. The lowest BCUT2D eigenvalue weighted by Crippen LogP contribution is -2.25. The molecule has 1 aromatic carbocycles. The Morgan fingerprint density at radius 2 is 1.89 bits per heavy atom. The van der Waals surface area contributed by atoms with Gasteiger partial charge in [-0.2, -0.15) is 0 Å². The fourth-order valence-corrected chi connectivity index (χ4v) is 1.46. The van der Waals surface area contributed by atoms with Crippen LogP contribution in [0.1, 0.15) is 25.8 Å². The van der Waals surface area contributed by atoms with E-state index in [2.05, 4.69) is 5.32 Å². The summed E-state index contributed by atoms with van der Waals surface area (Å²) < 4.78 is 5.01. The summed E-state index contributed by atoms with van der Waals surface area (Å²) in [6, 6.07) is 9.25. The van der Waals surface area contributed by atoms with Crippen molar-refractivity contribution in [3.63, 3.8) is 0 Å². The predicted molar refractivity (Wildman–Crippen MR) is 70.4 cm³/mol. The first-order valence-corrected chi connectivity index (χ1v) is 5.95. The summed E-state index contributed by atoms with van der Waals surface area (Å²) in [7, 11) is 0.